The van der Waals surface area contributed by atoms with Crippen molar-refractivity contribution in [3.8, 4) is 11.5 Å². The van der Waals surface area contributed by atoms with Crippen LogP contribution in [0.5, 0.6) is 11.5 Å². The molecule has 38 heavy (non-hydrogen) atoms. The fraction of sp³-hybridized carbons (Fsp3) is 0.348. The predicted octanol–water partition coefficient (Wildman–Crippen LogP) is 5.04. The first-order chi connectivity index (χ1) is 17.3. The first-order valence-electron chi connectivity index (χ1n) is 10.5. The molecule has 1 amide bonds. The van der Waals surface area contributed by atoms with Crippen molar-refractivity contribution in [2.75, 3.05) is 19.9 Å². The van der Waals surface area contributed by atoms with Crippen molar-refractivity contribution in [2.45, 2.75) is 37.4 Å². The molecule has 2 aromatic carbocycles. The van der Waals surface area contributed by atoms with Crippen LogP contribution in [0.25, 0.3) is 0 Å². The lowest BCUT2D eigenvalue weighted by Crippen LogP contribution is -2.41. The summed E-state index contributed by atoms with van der Waals surface area (Å²) >= 11 is 5.67. The molecule has 0 unspecified atom stereocenters. The molecule has 0 aliphatic carbocycles. The molecule has 10 nitrogen and oxygen atoms in total. The molecule has 0 spiro atoms. The number of hydrogen-bond donors (Lipinski definition) is 0. The summed E-state index contributed by atoms with van der Waals surface area (Å²) in [5, 5.41) is -0.00541. The van der Waals surface area contributed by atoms with Gasteiger partial charge in [-0.1, -0.05) is 11.6 Å². The Labute approximate surface area is 221 Å². The zero-order chi connectivity index (χ0) is 29.1. The number of sulfone groups is 1. The van der Waals surface area contributed by atoms with Gasteiger partial charge in [-0.15, -0.1) is 5.06 Å². The normalized spacial score (nSPS) is 11.9. The van der Waals surface area contributed by atoms with Crippen molar-refractivity contribution in [2.24, 2.45) is 0 Å². The van der Waals surface area contributed by atoms with E-state index >= 15 is 0 Å². The summed E-state index contributed by atoms with van der Waals surface area (Å²) < 4.78 is 79.8. The van der Waals surface area contributed by atoms with E-state index in [1.807, 2.05) is 0 Å². The first-order valence-corrected chi connectivity index (χ1v) is 12.8. The first kappa shape index (κ1) is 30.7. The van der Waals surface area contributed by atoms with Crippen LogP contribution in [0.4, 0.5) is 18.0 Å². The standard InChI is InChI=1S/C23H23ClF3NO9S/c1-22(2,3)36-21(31)28(12-19(29)34-4)37-20(30)15-11-14(7-9-18(15)38(5,32)33)35-17-8-6-13(24)10-16(17)23(25,26)27/h6-11H,12H2,1-5H3. The van der Waals surface area contributed by atoms with E-state index in [-0.39, 0.29) is 15.8 Å². The van der Waals surface area contributed by atoms with Crippen LogP contribution in [0, 0.1) is 0 Å². The maximum absolute atomic E-state index is 13.4. The van der Waals surface area contributed by atoms with Gasteiger partial charge in [-0.05, 0) is 57.2 Å². The summed E-state index contributed by atoms with van der Waals surface area (Å²) in [7, 11) is -3.09. The quantitative estimate of drug-likeness (QED) is 0.341. The van der Waals surface area contributed by atoms with Crippen LogP contribution in [0.1, 0.15) is 36.7 Å². The number of alkyl halides is 3. The molecule has 0 radical (unpaired) electrons. The minimum atomic E-state index is -4.85. The fourth-order valence-corrected chi connectivity index (χ4v) is 3.80. The second-order valence-electron chi connectivity index (χ2n) is 8.64. The minimum absolute atomic E-state index is 0.208. The third kappa shape index (κ3) is 8.52. The fourth-order valence-electron chi connectivity index (χ4n) is 2.77. The van der Waals surface area contributed by atoms with Crippen molar-refractivity contribution in [1.82, 2.24) is 5.06 Å². The highest BCUT2D eigenvalue weighted by molar-refractivity contribution is 7.90. The Kier molecular flexibility index (Phi) is 9.27. The number of hydroxylamine groups is 2. The van der Waals surface area contributed by atoms with E-state index in [1.165, 1.54) is 20.8 Å². The van der Waals surface area contributed by atoms with Gasteiger partial charge in [0.1, 0.15) is 17.1 Å². The number of rotatable bonds is 6. The molecule has 15 heteroatoms. The lowest BCUT2D eigenvalue weighted by atomic mass is 10.2. The molecule has 0 fully saturated rings. The Morgan fingerprint density at radius 2 is 1.66 bits per heavy atom. The van der Waals surface area contributed by atoms with Crippen molar-refractivity contribution in [1.29, 1.82) is 0 Å². The van der Waals surface area contributed by atoms with Crippen molar-refractivity contribution < 1.29 is 55.0 Å². The number of halogens is 4. The van der Waals surface area contributed by atoms with Crippen molar-refractivity contribution >= 4 is 39.5 Å². The molecule has 0 N–H and O–H groups in total. The molecule has 208 valence electrons. The maximum atomic E-state index is 13.4. The monoisotopic (exact) mass is 581 g/mol. The minimum Gasteiger partial charge on any atom is -0.468 e. The zero-order valence-corrected chi connectivity index (χ0v) is 22.3. The lowest BCUT2D eigenvalue weighted by Gasteiger charge is -2.25. The van der Waals surface area contributed by atoms with Crippen LogP contribution in [0.3, 0.4) is 0 Å². The number of ether oxygens (including phenoxy) is 3. The van der Waals surface area contributed by atoms with Gasteiger partial charge in [-0.2, -0.15) is 13.2 Å². The molecule has 0 saturated carbocycles. The third-order valence-corrected chi connectivity index (χ3v) is 5.73. The number of carbonyl (C=O) groups excluding carboxylic acids is 3. The largest absolute Gasteiger partial charge is 0.468 e. The topological polar surface area (TPSA) is 126 Å². The average Bonchev–Trinajstić information content (AvgIpc) is 2.77. The summed E-state index contributed by atoms with van der Waals surface area (Å²) in [5.41, 5.74) is -3.00. The summed E-state index contributed by atoms with van der Waals surface area (Å²) in [5.74, 6) is -3.53. The van der Waals surface area contributed by atoms with Gasteiger partial charge in [0, 0.05) is 11.3 Å². The third-order valence-electron chi connectivity index (χ3n) is 4.34. The Hall–Kier alpha value is -3.52. The molecule has 0 saturated heterocycles. The predicted molar refractivity (Wildman–Crippen MR) is 126 cm³/mol. The molecule has 0 atom stereocenters. The van der Waals surface area contributed by atoms with Crippen LogP contribution >= 0.6 is 11.6 Å². The SMILES string of the molecule is COC(=O)CN(OC(=O)c1cc(Oc2ccc(Cl)cc2C(F)(F)F)ccc1S(C)(=O)=O)C(=O)OC(C)(C)C. The average molecular weight is 582 g/mol. The van der Waals surface area contributed by atoms with Gasteiger partial charge in [-0.3, -0.25) is 0 Å². The van der Waals surface area contributed by atoms with E-state index in [0.717, 1.165) is 43.7 Å². The second-order valence-corrected chi connectivity index (χ2v) is 11.1. The molecular weight excluding hydrogens is 559 g/mol. The van der Waals surface area contributed by atoms with Crippen molar-refractivity contribution in [3.05, 3.63) is 52.5 Å². The summed E-state index contributed by atoms with van der Waals surface area (Å²) in [4.78, 5) is 41.6. The van der Waals surface area contributed by atoms with Gasteiger partial charge in [0.2, 0.25) is 0 Å². The molecule has 2 rings (SSSR count). The molecule has 0 aliphatic rings. The summed E-state index contributed by atoms with van der Waals surface area (Å²) in [6.45, 7) is 3.58. The Bertz CT molecular complexity index is 1340. The van der Waals surface area contributed by atoms with E-state index in [1.54, 1.807) is 0 Å². The zero-order valence-electron chi connectivity index (χ0n) is 20.7. The lowest BCUT2D eigenvalue weighted by molar-refractivity contribution is -0.155. The van der Waals surface area contributed by atoms with Gasteiger partial charge >= 0.3 is 24.2 Å². The van der Waals surface area contributed by atoms with Crippen LogP contribution < -0.4 is 4.74 Å². The van der Waals surface area contributed by atoms with E-state index in [2.05, 4.69) is 4.74 Å². The number of amides is 1. The van der Waals surface area contributed by atoms with Gasteiger partial charge in [0.15, 0.2) is 16.4 Å². The highest BCUT2D eigenvalue weighted by Crippen LogP contribution is 2.40. The van der Waals surface area contributed by atoms with Crippen LogP contribution in [-0.2, 0) is 35.1 Å². The maximum Gasteiger partial charge on any atom is 0.444 e. The van der Waals surface area contributed by atoms with Gasteiger partial charge < -0.3 is 19.0 Å². The molecule has 0 bridgehead atoms. The highest BCUT2D eigenvalue weighted by Gasteiger charge is 2.35. The second kappa shape index (κ2) is 11.5. The van der Waals surface area contributed by atoms with E-state index in [4.69, 9.17) is 25.9 Å². The van der Waals surface area contributed by atoms with E-state index < -0.39 is 68.0 Å². The Balaban J connectivity index is 2.52. The molecule has 2 aromatic rings. The number of methoxy groups -OCH3 is 1. The molecule has 0 heterocycles. The number of nitrogens with zero attached hydrogens (tertiary/aromatic N) is 1. The highest BCUT2D eigenvalue weighted by atomic mass is 35.5. The van der Waals surface area contributed by atoms with Crippen LogP contribution in [0.2, 0.25) is 5.02 Å². The number of benzene rings is 2. The van der Waals surface area contributed by atoms with Gasteiger partial charge in [-0.25, -0.2) is 22.8 Å². The molecular formula is C23H23ClF3NO9S. The summed E-state index contributed by atoms with van der Waals surface area (Å²) in [6, 6.07) is 5.43. The smallest absolute Gasteiger partial charge is 0.444 e. The van der Waals surface area contributed by atoms with E-state index in [0.29, 0.717) is 6.07 Å². The van der Waals surface area contributed by atoms with Crippen molar-refractivity contribution in [3.63, 3.8) is 0 Å². The molecule has 0 aliphatic heterocycles. The van der Waals surface area contributed by atoms with Gasteiger partial charge in [0.05, 0.1) is 23.1 Å². The Morgan fingerprint density at radius 1 is 1.03 bits per heavy atom. The molecule has 0 aromatic heterocycles. The summed E-state index contributed by atoms with van der Waals surface area (Å²) in [6.07, 6.45) is -5.36. The van der Waals surface area contributed by atoms with Crippen LogP contribution in [0.15, 0.2) is 41.3 Å². The van der Waals surface area contributed by atoms with Crippen LogP contribution in [-0.4, -0.2) is 57.0 Å². The van der Waals surface area contributed by atoms with Gasteiger partial charge in [0.25, 0.3) is 0 Å². The number of esters is 1. The number of carbonyl (C=O) groups is 3. The number of hydrogen-bond acceptors (Lipinski definition) is 9. The Morgan fingerprint density at radius 3 is 2.18 bits per heavy atom. The van der Waals surface area contributed by atoms with E-state index in [9.17, 15) is 36.0 Å².